The van der Waals surface area contributed by atoms with Gasteiger partial charge in [0.05, 0.1) is 10.6 Å². The minimum Gasteiger partial charge on any atom is -0.396 e. The van der Waals surface area contributed by atoms with Crippen LogP contribution in [0.4, 0.5) is 15.9 Å². The minimum absolute atomic E-state index is 0.105. The van der Waals surface area contributed by atoms with Crippen molar-refractivity contribution in [3.05, 3.63) is 35.8 Å². The van der Waals surface area contributed by atoms with Crippen LogP contribution in [0.1, 0.15) is 12.6 Å². The summed E-state index contributed by atoms with van der Waals surface area (Å²) < 4.78 is 39.5. The van der Waals surface area contributed by atoms with E-state index >= 15 is 0 Å². The summed E-state index contributed by atoms with van der Waals surface area (Å²) in [7, 11) is -3.88. The van der Waals surface area contributed by atoms with Gasteiger partial charge in [0.1, 0.15) is 5.82 Å². The van der Waals surface area contributed by atoms with Crippen molar-refractivity contribution in [3.8, 4) is 0 Å². The van der Waals surface area contributed by atoms with Crippen molar-refractivity contribution < 1.29 is 12.8 Å². The summed E-state index contributed by atoms with van der Waals surface area (Å²) in [4.78, 5) is -0.208. The Bertz CT molecular complexity index is 696. The molecule has 0 aliphatic carbocycles. The second-order valence-corrected chi connectivity index (χ2v) is 5.60. The van der Waals surface area contributed by atoms with Gasteiger partial charge in [-0.15, -0.1) is 0 Å². The molecule has 102 valence electrons. The van der Waals surface area contributed by atoms with Crippen molar-refractivity contribution in [3.63, 3.8) is 0 Å². The van der Waals surface area contributed by atoms with Gasteiger partial charge in [-0.2, -0.15) is 5.10 Å². The van der Waals surface area contributed by atoms with Crippen LogP contribution in [0.3, 0.4) is 0 Å². The Balaban J connectivity index is 2.29. The minimum atomic E-state index is -3.88. The van der Waals surface area contributed by atoms with Gasteiger partial charge in [0, 0.05) is 11.8 Å². The first kappa shape index (κ1) is 13.3. The summed E-state index contributed by atoms with van der Waals surface area (Å²) in [5, 5.41) is 6.48. The third kappa shape index (κ3) is 2.84. The molecule has 1 heterocycles. The number of nitrogen functional groups attached to an aromatic ring is 1. The second kappa shape index (κ2) is 4.88. The van der Waals surface area contributed by atoms with Gasteiger partial charge in [0.2, 0.25) is 0 Å². The Hall–Kier alpha value is -2.09. The molecule has 0 atom stereocenters. The summed E-state index contributed by atoms with van der Waals surface area (Å²) in [6.07, 6.45) is 0.700. The molecular weight excluding hydrogens is 271 g/mol. The lowest BCUT2D eigenvalue weighted by atomic mass is 10.3. The standard InChI is InChI=1S/C11H13FN4O2S/c1-2-7-5-11(15-14-7)16-19(17,18)8-3-4-10(13)9(12)6-8/h3-6H,2,13H2,1H3,(H2,14,15,16). The van der Waals surface area contributed by atoms with E-state index in [4.69, 9.17) is 5.73 Å². The summed E-state index contributed by atoms with van der Waals surface area (Å²) in [5.41, 5.74) is 5.99. The molecule has 19 heavy (non-hydrogen) atoms. The molecular formula is C11H13FN4O2S. The van der Waals surface area contributed by atoms with E-state index in [1.165, 1.54) is 12.1 Å². The number of nitrogens with zero attached hydrogens (tertiary/aromatic N) is 1. The van der Waals surface area contributed by atoms with Crippen molar-refractivity contribution in [2.75, 3.05) is 10.5 Å². The molecule has 0 aliphatic heterocycles. The fraction of sp³-hybridized carbons (Fsp3) is 0.182. The number of aromatic amines is 1. The molecule has 0 fully saturated rings. The highest BCUT2D eigenvalue weighted by molar-refractivity contribution is 7.92. The first-order valence-electron chi connectivity index (χ1n) is 5.54. The smallest absolute Gasteiger partial charge is 0.263 e. The molecule has 8 heteroatoms. The van der Waals surface area contributed by atoms with E-state index in [1.807, 2.05) is 6.92 Å². The van der Waals surface area contributed by atoms with Crippen molar-refractivity contribution >= 4 is 21.5 Å². The molecule has 0 saturated carbocycles. The van der Waals surface area contributed by atoms with Crippen molar-refractivity contribution in [2.45, 2.75) is 18.2 Å². The van der Waals surface area contributed by atoms with Crippen LogP contribution in [0, 0.1) is 5.82 Å². The van der Waals surface area contributed by atoms with Crippen LogP contribution in [0.5, 0.6) is 0 Å². The van der Waals surface area contributed by atoms with E-state index < -0.39 is 15.8 Å². The van der Waals surface area contributed by atoms with Gasteiger partial charge in [0.15, 0.2) is 5.82 Å². The van der Waals surface area contributed by atoms with Gasteiger partial charge in [-0.05, 0) is 24.6 Å². The molecule has 0 radical (unpaired) electrons. The number of aromatic nitrogens is 2. The van der Waals surface area contributed by atoms with Crippen molar-refractivity contribution in [2.24, 2.45) is 0 Å². The van der Waals surface area contributed by atoms with Crippen molar-refractivity contribution in [1.29, 1.82) is 0 Å². The lowest BCUT2D eigenvalue weighted by Crippen LogP contribution is -2.13. The zero-order valence-corrected chi connectivity index (χ0v) is 11.0. The zero-order chi connectivity index (χ0) is 14.0. The van der Waals surface area contributed by atoms with Gasteiger partial charge in [-0.1, -0.05) is 6.92 Å². The maximum atomic E-state index is 13.3. The molecule has 0 saturated heterocycles. The molecule has 6 nitrogen and oxygen atoms in total. The topological polar surface area (TPSA) is 101 Å². The third-order valence-corrected chi connectivity index (χ3v) is 3.89. The summed E-state index contributed by atoms with van der Waals surface area (Å²) in [6.45, 7) is 1.90. The van der Waals surface area contributed by atoms with Crippen LogP contribution in [0.25, 0.3) is 0 Å². The summed E-state index contributed by atoms with van der Waals surface area (Å²) in [5.74, 6) is -0.617. The lowest BCUT2D eigenvalue weighted by molar-refractivity contribution is 0.596. The van der Waals surface area contributed by atoms with Gasteiger partial charge in [0.25, 0.3) is 10.0 Å². The number of anilines is 2. The SMILES string of the molecule is CCc1cc(NS(=O)(=O)c2ccc(N)c(F)c2)n[nH]1. The number of nitrogens with two attached hydrogens (primary N) is 1. The molecule has 0 aliphatic rings. The average Bonchev–Trinajstić information content (AvgIpc) is 2.79. The van der Waals surface area contributed by atoms with Gasteiger partial charge < -0.3 is 5.73 Å². The number of halogens is 1. The predicted molar refractivity (Wildman–Crippen MR) is 69.6 cm³/mol. The Labute approximate surface area is 109 Å². The quantitative estimate of drug-likeness (QED) is 0.740. The van der Waals surface area contributed by atoms with Crippen LogP contribution in [-0.2, 0) is 16.4 Å². The lowest BCUT2D eigenvalue weighted by Gasteiger charge is -2.06. The van der Waals surface area contributed by atoms with Crippen molar-refractivity contribution in [1.82, 2.24) is 10.2 Å². The van der Waals surface area contributed by atoms with Crippen LogP contribution >= 0.6 is 0 Å². The monoisotopic (exact) mass is 284 g/mol. The number of hydrogen-bond acceptors (Lipinski definition) is 4. The Morgan fingerprint density at radius 1 is 1.42 bits per heavy atom. The number of sulfonamides is 1. The van der Waals surface area contributed by atoms with Gasteiger partial charge in [-0.3, -0.25) is 9.82 Å². The third-order valence-electron chi connectivity index (χ3n) is 2.53. The zero-order valence-electron chi connectivity index (χ0n) is 10.1. The number of hydrogen-bond donors (Lipinski definition) is 3. The number of H-pyrrole nitrogens is 1. The molecule has 2 aromatic rings. The highest BCUT2D eigenvalue weighted by Crippen LogP contribution is 2.19. The number of benzene rings is 1. The predicted octanol–water partition coefficient (Wildman–Crippen LogP) is 1.49. The van der Waals surface area contributed by atoms with Crippen LogP contribution in [-0.4, -0.2) is 18.6 Å². The van der Waals surface area contributed by atoms with Gasteiger partial charge in [-0.25, -0.2) is 12.8 Å². The molecule has 0 bridgehead atoms. The molecule has 1 aromatic heterocycles. The molecule has 2 rings (SSSR count). The van der Waals surface area contributed by atoms with Crippen LogP contribution < -0.4 is 10.5 Å². The number of rotatable bonds is 4. The molecule has 4 N–H and O–H groups in total. The highest BCUT2D eigenvalue weighted by atomic mass is 32.2. The molecule has 0 unspecified atom stereocenters. The highest BCUT2D eigenvalue weighted by Gasteiger charge is 2.17. The Kier molecular flexibility index (Phi) is 3.43. The van der Waals surface area contributed by atoms with Crippen LogP contribution in [0.15, 0.2) is 29.2 Å². The van der Waals surface area contributed by atoms with E-state index in [-0.39, 0.29) is 16.4 Å². The maximum Gasteiger partial charge on any atom is 0.263 e. The fourth-order valence-electron chi connectivity index (χ4n) is 1.47. The van der Waals surface area contributed by atoms with E-state index in [9.17, 15) is 12.8 Å². The number of nitrogens with one attached hydrogen (secondary N) is 2. The summed E-state index contributed by atoms with van der Waals surface area (Å²) in [6, 6.07) is 4.87. The van der Waals surface area contributed by atoms with E-state index in [2.05, 4.69) is 14.9 Å². The number of aryl methyl sites for hydroxylation is 1. The fourth-order valence-corrected chi connectivity index (χ4v) is 2.47. The molecule has 0 amide bonds. The molecule has 0 spiro atoms. The summed E-state index contributed by atoms with van der Waals surface area (Å²) >= 11 is 0. The largest absolute Gasteiger partial charge is 0.396 e. The normalized spacial score (nSPS) is 11.5. The Morgan fingerprint density at radius 3 is 2.74 bits per heavy atom. The maximum absolute atomic E-state index is 13.3. The van der Waals surface area contributed by atoms with E-state index in [0.717, 1.165) is 11.8 Å². The molecule has 1 aromatic carbocycles. The van der Waals surface area contributed by atoms with Gasteiger partial charge >= 0.3 is 0 Å². The van der Waals surface area contributed by atoms with Crippen LogP contribution in [0.2, 0.25) is 0 Å². The first-order chi connectivity index (χ1) is 8.92. The first-order valence-corrected chi connectivity index (χ1v) is 7.03. The second-order valence-electron chi connectivity index (χ2n) is 3.92. The average molecular weight is 284 g/mol. The van der Waals surface area contributed by atoms with E-state index in [0.29, 0.717) is 6.42 Å². The Morgan fingerprint density at radius 2 is 2.16 bits per heavy atom. The van der Waals surface area contributed by atoms with E-state index in [1.54, 1.807) is 6.07 Å².